The first-order valence-corrected chi connectivity index (χ1v) is 8.95. The first-order valence-electron chi connectivity index (χ1n) is 8.57. The Morgan fingerprint density at radius 3 is 2.76 bits per heavy atom. The molecule has 5 rings (SSSR count). The second-order valence-electron chi connectivity index (χ2n) is 6.31. The average molecular weight is 400 g/mol. The van der Waals surface area contributed by atoms with Crippen LogP contribution in [0.25, 0.3) is 44.8 Å². The van der Waals surface area contributed by atoms with Crippen LogP contribution in [0.2, 0.25) is 5.02 Å². The predicted molar refractivity (Wildman–Crippen MR) is 108 cm³/mol. The quantitative estimate of drug-likeness (QED) is 0.473. The molecule has 0 radical (unpaired) electrons. The number of fused-ring (bicyclic) bond motifs is 2. The van der Waals surface area contributed by atoms with Crippen molar-refractivity contribution in [2.45, 2.75) is 0 Å². The molecule has 0 amide bonds. The molecule has 0 fully saturated rings. The van der Waals surface area contributed by atoms with Crippen molar-refractivity contribution < 1.29 is 4.42 Å². The summed E-state index contributed by atoms with van der Waals surface area (Å²) in [5.74, 6) is 0. The van der Waals surface area contributed by atoms with Gasteiger partial charge in [0, 0.05) is 23.4 Å². The Kier molecular flexibility index (Phi) is 3.86. The van der Waals surface area contributed by atoms with Crippen molar-refractivity contribution in [3.05, 3.63) is 75.9 Å². The van der Waals surface area contributed by atoms with E-state index in [0.29, 0.717) is 49.8 Å². The summed E-state index contributed by atoms with van der Waals surface area (Å²) >= 11 is 6.37. The number of nitriles is 1. The van der Waals surface area contributed by atoms with Crippen LogP contribution in [0.15, 0.2) is 64.3 Å². The maximum absolute atomic E-state index is 12.3. The van der Waals surface area contributed by atoms with Crippen LogP contribution in [0.1, 0.15) is 5.56 Å². The summed E-state index contributed by atoms with van der Waals surface area (Å²) in [6.45, 7) is 0. The minimum Gasteiger partial charge on any atom is -0.443 e. The number of benzene rings is 2. The molecule has 0 bridgehead atoms. The molecule has 0 atom stereocenters. The smallest absolute Gasteiger partial charge is 0.209 e. The molecule has 0 saturated carbocycles. The molecule has 2 aromatic carbocycles. The summed E-state index contributed by atoms with van der Waals surface area (Å²) in [6, 6.07) is 14.0. The Morgan fingerprint density at radius 1 is 1.03 bits per heavy atom. The molecule has 0 unspecified atom stereocenters. The third-order valence-electron chi connectivity index (χ3n) is 4.51. The Hall–Kier alpha value is -4.02. The highest BCUT2D eigenvalue weighted by atomic mass is 35.5. The van der Waals surface area contributed by atoms with Crippen LogP contribution in [-0.4, -0.2) is 19.9 Å². The molecule has 1 N–H and O–H groups in total. The number of rotatable bonds is 2. The second kappa shape index (κ2) is 6.55. The summed E-state index contributed by atoms with van der Waals surface area (Å²) in [7, 11) is 0. The van der Waals surface area contributed by atoms with Gasteiger partial charge in [0.2, 0.25) is 5.43 Å². The Balaban J connectivity index is 1.87. The second-order valence-corrected chi connectivity index (χ2v) is 6.72. The monoisotopic (exact) mass is 399 g/mol. The predicted octanol–water partition coefficient (Wildman–Crippen LogP) is 4.32. The van der Waals surface area contributed by atoms with Crippen LogP contribution in [0, 0.1) is 11.3 Å². The molecule has 0 spiro atoms. The largest absolute Gasteiger partial charge is 0.443 e. The number of hydrogen-bond donors (Lipinski definition) is 1. The van der Waals surface area contributed by atoms with Crippen LogP contribution < -0.4 is 5.43 Å². The van der Waals surface area contributed by atoms with E-state index in [-0.39, 0.29) is 10.9 Å². The number of H-pyrrole nitrogens is 1. The summed E-state index contributed by atoms with van der Waals surface area (Å²) < 4.78 is 5.40. The molecular weight excluding hydrogens is 390 g/mol. The lowest BCUT2D eigenvalue weighted by Gasteiger charge is -2.11. The number of oxazole rings is 1. The van der Waals surface area contributed by atoms with E-state index in [1.54, 1.807) is 30.3 Å². The van der Waals surface area contributed by atoms with Gasteiger partial charge in [-0.3, -0.25) is 4.79 Å². The van der Waals surface area contributed by atoms with Gasteiger partial charge >= 0.3 is 0 Å². The van der Waals surface area contributed by atoms with Crippen molar-refractivity contribution >= 4 is 33.9 Å². The number of hydrogen-bond acceptors (Lipinski definition) is 6. The summed E-state index contributed by atoms with van der Waals surface area (Å²) in [4.78, 5) is 28.6. The van der Waals surface area contributed by atoms with Crippen molar-refractivity contribution in [1.29, 1.82) is 5.26 Å². The summed E-state index contributed by atoms with van der Waals surface area (Å²) in [5, 5.41) is 9.66. The van der Waals surface area contributed by atoms with E-state index < -0.39 is 0 Å². The number of nitrogens with zero attached hydrogens (tertiary/aromatic N) is 4. The minimum absolute atomic E-state index is 0.205. The summed E-state index contributed by atoms with van der Waals surface area (Å²) in [5.41, 5.74) is 4.08. The van der Waals surface area contributed by atoms with Crippen molar-refractivity contribution in [2.24, 2.45) is 0 Å². The van der Waals surface area contributed by atoms with Crippen LogP contribution in [-0.2, 0) is 0 Å². The number of nitrogens with one attached hydrogen (secondary N) is 1. The van der Waals surface area contributed by atoms with E-state index in [9.17, 15) is 10.1 Å². The van der Waals surface area contributed by atoms with Crippen LogP contribution >= 0.6 is 11.6 Å². The molecule has 138 valence electrons. The normalized spacial score (nSPS) is 11.0. The Labute approximate surface area is 168 Å². The van der Waals surface area contributed by atoms with Crippen molar-refractivity contribution in [3.8, 4) is 28.6 Å². The molecule has 0 saturated heterocycles. The molecule has 5 aromatic rings. The Morgan fingerprint density at radius 2 is 1.90 bits per heavy atom. The lowest BCUT2D eigenvalue weighted by atomic mass is 10.0. The van der Waals surface area contributed by atoms with Gasteiger partial charge in [-0.15, -0.1) is 0 Å². The van der Waals surface area contributed by atoms with E-state index in [0.717, 1.165) is 0 Å². The van der Waals surface area contributed by atoms with Gasteiger partial charge in [-0.05, 0) is 24.3 Å². The molecular formula is C21H10ClN5O2. The third-order valence-corrected chi connectivity index (χ3v) is 4.80. The lowest BCUT2D eigenvalue weighted by molar-refractivity contribution is 0.602. The fourth-order valence-electron chi connectivity index (χ4n) is 3.18. The summed E-state index contributed by atoms with van der Waals surface area (Å²) in [6.07, 6.45) is 2.83. The van der Waals surface area contributed by atoms with E-state index in [2.05, 4.69) is 26.0 Å². The van der Waals surface area contributed by atoms with Gasteiger partial charge in [0.15, 0.2) is 23.1 Å². The maximum Gasteiger partial charge on any atom is 0.209 e. The molecule has 3 aromatic heterocycles. The first-order chi connectivity index (χ1) is 14.1. The zero-order valence-electron chi connectivity index (χ0n) is 14.7. The highest BCUT2D eigenvalue weighted by Crippen LogP contribution is 2.34. The standard InChI is InChI=1S/C21H10ClN5O2/c22-14-7-13(8-16-19(14)25-10-29-16)18-17(12-3-1-2-11(6-12)9-23)27-21-20(26-18)15(28)4-5-24-21/h1-8,10H,(H,24,27,28). The molecule has 0 aliphatic rings. The van der Waals surface area contributed by atoms with E-state index in [1.165, 1.54) is 18.7 Å². The molecule has 0 aliphatic heterocycles. The van der Waals surface area contributed by atoms with Gasteiger partial charge < -0.3 is 9.40 Å². The zero-order valence-corrected chi connectivity index (χ0v) is 15.4. The number of halogens is 1. The van der Waals surface area contributed by atoms with Gasteiger partial charge in [-0.25, -0.2) is 15.0 Å². The first kappa shape index (κ1) is 17.1. The Bertz CT molecular complexity index is 1510. The third kappa shape index (κ3) is 2.83. The molecule has 3 heterocycles. The van der Waals surface area contributed by atoms with Crippen LogP contribution in [0.5, 0.6) is 0 Å². The van der Waals surface area contributed by atoms with Crippen LogP contribution in [0.4, 0.5) is 0 Å². The van der Waals surface area contributed by atoms with Crippen molar-refractivity contribution in [1.82, 2.24) is 19.9 Å². The van der Waals surface area contributed by atoms with E-state index in [1.807, 2.05) is 6.07 Å². The zero-order chi connectivity index (χ0) is 20.0. The van der Waals surface area contributed by atoms with E-state index in [4.69, 9.17) is 16.0 Å². The van der Waals surface area contributed by atoms with Crippen LogP contribution in [0.3, 0.4) is 0 Å². The van der Waals surface area contributed by atoms with Crippen molar-refractivity contribution in [3.63, 3.8) is 0 Å². The van der Waals surface area contributed by atoms with Gasteiger partial charge in [-0.1, -0.05) is 23.7 Å². The molecule has 0 aliphatic carbocycles. The minimum atomic E-state index is -0.253. The average Bonchev–Trinajstić information content (AvgIpc) is 3.23. The topological polar surface area (TPSA) is 108 Å². The molecule has 8 heteroatoms. The highest BCUT2D eigenvalue weighted by molar-refractivity contribution is 6.35. The lowest BCUT2D eigenvalue weighted by Crippen LogP contribution is -2.06. The number of aromatic amines is 1. The molecule has 7 nitrogen and oxygen atoms in total. The fraction of sp³-hybridized carbons (Fsp3) is 0. The number of pyridine rings is 1. The van der Waals surface area contributed by atoms with Crippen molar-refractivity contribution in [2.75, 3.05) is 0 Å². The van der Waals surface area contributed by atoms with Gasteiger partial charge in [0.1, 0.15) is 5.52 Å². The van der Waals surface area contributed by atoms with Gasteiger partial charge in [0.25, 0.3) is 0 Å². The van der Waals surface area contributed by atoms with E-state index >= 15 is 0 Å². The number of aromatic nitrogens is 4. The van der Waals surface area contributed by atoms with Gasteiger partial charge in [0.05, 0.1) is 28.0 Å². The highest BCUT2D eigenvalue weighted by Gasteiger charge is 2.17. The maximum atomic E-state index is 12.3. The van der Waals surface area contributed by atoms with Gasteiger partial charge in [-0.2, -0.15) is 5.26 Å². The fourth-order valence-corrected chi connectivity index (χ4v) is 3.44. The molecule has 29 heavy (non-hydrogen) atoms. The SMILES string of the molecule is N#Cc1cccc(-c2nc3[nH]ccc(=O)c3nc2-c2cc(Cl)c3ncoc3c2)c1.